The van der Waals surface area contributed by atoms with E-state index in [4.69, 9.17) is 8.94 Å². The van der Waals surface area contributed by atoms with Crippen molar-refractivity contribution in [2.75, 3.05) is 32.1 Å². The van der Waals surface area contributed by atoms with Gasteiger partial charge in [0.2, 0.25) is 5.91 Å². The van der Waals surface area contributed by atoms with E-state index in [0.717, 1.165) is 16.6 Å². The smallest absolute Gasteiger partial charge is 0.340 e. The zero-order valence-electron chi connectivity index (χ0n) is 21.4. The van der Waals surface area contributed by atoms with Crippen molar-refractivity contribution in [1.29, 1.82) is 0 Å². The van der Waals surface area contributed by atoms with Crippen molar-refractivity contribution in [2.24, 2.45) is 0 Å². The Morgan fingerprint density at radius 3 is 2.38 bits per heavy atom. The van der Waals surface area contributed by atoms with E-state index in [1.54, 1.807) is 4.90 Å². The van der Waals surface area contributed by atoms with Gasteiger partial charge in [-0.15, -0.1) is 0 Å². The van der Waals surface area contributed by atoms with E-state index in [0.29, 0.717) is 37.1 Å². The van der Waals surface area contributed by atoms with Crippen molar-refractivity contribution in [2.45, 2.75) is 72.1 Å². The van der Waals surface area contributed by atoms with Crippen molar-refractivity contribution in [1.82, 2.24) is 9.57 Å². The summed E-state index contributed by atoms with van der Waals surface area (Å²) in [4.78, 5) is 40.0. The second-order valence-electron chi connectivity index (χ2n) is 9.75. The number of aryl methyl sites for hydroxylation is 1. The summed E-state index contributed by atoms with van der Waals surface area (Å²) in [5.41, 5.74) is 2.22. The quantitative estimate of drug-likeness (QED) is 0.440. The number of fused-ring (bicyclic) bond motifs is 1. The third-order valence-electron chi connectivity index (χ3n) is 6.41. The first-order valence-electron chi connectivity index (χ1n) is 11.9. The first kappa shape index (κ1) is 26.6. The normalized spacial score (nSPS) is 16.1. The molecule has 1 fully saturated rings. The molecule has 1 aromatic carbocycles. The van der Waals surface area contributed by atoms with Gasteiger partial charge >= 0.3 is 5.63 Å². The summed E-state index contributed by atoms with van der Waals surface area (Å²) in [7, 11) is 2.19. The van der Waals surface area contributed by atoms with Gasteiger partial charge in [0.05, 0.1) is 18.1 Å². The molecule has 9 heteroatoms. The average Bonchev–Trinajstić information content (AvgIpc) is 2.76. The van der Waals surface area contributed by atoms with Crippen molar-refractivity contribution in [3.05, 3.63) is 39.7 Å². The van der Waals surface area contributed by atoms with Crippen molar-refractivity contribution in [3.8, 4) is 0 Å². The van der Waals surface area contributed by atoms with Crippen LogP contribution in [0.3, 0.4) is 0 Å². The van der Waals surface area contributed by atoms with Crippen LogP contribution < -0.4 is 10.5 Å². The highest BCUT2D eigenvalue weighted by Gasteiger charge is 2.30. The summed E-state index contributed by atoms with van der Waals surface area (Å²) in [5, 5.41) is 0.844. The zero-order chi connectivity index (χ0) is 25.2. The molecule has 1 N–H and O–H groups in total. The molecule has 2 heterocycles. The Kier molecular flexibility index (Phi) is 8.74. The van der Waals surface area contributed by atoms with E-state index < -0.39 is 14.2 Å². The number of rotatable bonds is 8. The lowest BCUT2D eigenvalue weighted by Crippen LogP contribution is -2.42. The van der Waals surface area contributed by atoms with E-state index in [9.17, 15) is 14.5 Å². The molecule has 1 unspecified atom stereocenters. The van der Waals surface area contributed by atoms with E-state index in [1.165, 1.54) is 0 Å². The lowest BCUT2D eigenvalue weighted by molar-refractivity contribution is -0.132. The van der Waals surface area contributed by atoms with Gasteiger partial charge in [0.1, 0.15) is 5.58 Å². The zero-order valence-corrected chi connectivity index (χ0v) is 22.3. The third kappa shape index (κ3) is 5.98. The Morgan fingerprint density at radius 1 is 1.21 bits per heavy atom. The molecule has 8 nitrogen and oxygen atoms in total. The number of carbonyl (C=O) groups is 1. The fourth-order valence-corrected chi connectivity index (χ4v) is 5.89. The molecule has 1 amide bonds. The van der Waals surface area contributed by atoms with Crippen molar-refractivity contribution >= 4 is 31.1 Å². The van der Waals surface area contributed by atoms with E-state index >= 15 is 0 Å². The molecule has 2 aromatic rings. The number of likely N-dealkylation sites (tertiary alicyclic amines) is 1. The minimum atomic E-state index is -1.67. The lowest BCUT2D eigenvalue weighted by atomic mass is 10.0. The summed E-state index contributed by atoms with van der Waals surface area (Å²) >= 11 is 0. The lowest BCUT2D eigenvalue weighted by Gasteiger charge is -2.37. The maximum atomic E-state index is 13.0. The molecular formula is C25H38N3O5P. The second kappa shape index (κ2) is 11.2. The van der Waals surface area contributed by atoms with Crippen LogP contribution in [0.1, 0.15) is 51.7 Å². The SMILES string of the molecule is Cc1c(CC(=O)N2CCC(OP(O)N(C(C)C)C(C)C)CC2)c(=O)oc2cc(N(C)C)ccc12. The fourth-order valence-electron chi connectivity index (χ4n) is 4.52. The molecule has 1 saturated heterocycles. The number of hydrogen-bond acceptors (Lipinski definition) is 7. The van der Waals surface area contributed by atoms with Gasteiger partial charge in [-0.05, 0) is 65.2 Å². The van der Waals surface area contributed by atoms with Gasteiger partial charge in [0.15, 0.2) is 0 Å². The number of amides is 1. The maximum absolute atomic E-state index is 13.0. The third-order valence-corrected chi connectivity index (χ3v) is 8.21. The maximum Gasteiger partial charge on any atom is 0.340 e. The van der Waals surface area contributed by atoms with Crippen LogP contribution in [0.15, 0.2) is 27.4 Å². The van der Waals surface area contributed by atoms with Gasteiger partial charge in [-0.3, -0.25) is 4.79 Å². The predicted octanol–water partition coefficient (Wildman–Crippen LogP) is 4.06. The molecule has 0 aliphatic carbocycles. The van der Waals surface area contributed by atoms with Gasteiger partial charge in [-0.25, -0.2) is 9.46 Å². The van der Waals surface area contributed by atoms with Crippen LogP contribution in [0, 0.1) is 6.92 Å². The molecular weight excluding hydrogens is 453 g/mol. The van der Waals surface area contributed by atoms with Crippen LogP contribution in [-0.4, -0.2) is 65.7 Å². The highest BCUT2D eigenvalue weighted by atomic mass is 31.2. The Morgan fingerprint density at radius 2 is 1.82 bits per heavy atom. The summed E-state index contributed by atoms with van der Waals surface area (Å²) in [6.07, 6.45) is 1.26. The standard InChI is InChI=1S/C25H38N3O5P/c1-16(2)28(17(3)4)34(31)33-20-10-12-27(13-11-20)24(29)15-22-18(5)21-9-8-19(26(6)7)14-23(21)32-25(22)30/h8-9,14,16-17,20,31H,10-13,15H2,1-7H3. The van der Waals surface area contributed by atoms with Gasteiger partial charge in [0.25, 0.3) is 8.53 Å². The minimum Gasteiger partial charge on any atom is -0.422 e. The number of nitrogens with zero attached hydrogens (tertiary/aromatic N) is 3. The van der Waals surface area contributed by atoms with Crippen molar-refractivity contribution in [3.63, 3.8) is 0 Å². The monoisotopic (exact) mass is 491 g/mol. The van der Waals surface area contributed by atoms with Gasteiger partial charge in [-0.1, -0.05) is 0 Å². The molecule has 34 heavy (non-hydrogen) atoms. The molecule has 1 atom stereocenters. The summed E-state index contributed by atoms with van der Waals surface area (Å²) in [6.45, 7) is 11.1. The second-order valence-corrected chi connectivity index (χ2v) is 10.9. The van der Waals surface area contributed by atoms with E-state index in [-0.39, 0.29) is 30.5 Å². The summed E-state index contributed by atoms with van der Waals surface area (Å²) in [6, 6.07) is 6.12. The van der Waals surface area contributed by atoms with Crippen LogP contribution in [0.25, 0.3) is 11.0 Å². The molecule has 0 saturated carbocycles. The molecule has 188 valence electrons. The Hall–Kier alpha value is -1.99. The van der Waals surface area contributed by atoms with Crippen LogP contribution in [0.5, 0.6) is 0 Å². The van der Waals surface area contributed by atoms with Crippen molar-refractivity contribution < 1.29 is 18.6 Å². The van der Waals surface area contributed by atoms with Gasteiger partial charge in [0, 0.05) is 56.4 Å². The first-order chi connectivity index (χ1) is 16.0. The fraction of sp³-hybridized carbons (Fsp3) is 0.600. The largest absolute Gasteiger partial charge is 0.422 e. The van der Waals surface area contributed by atoms with Gasteiger partial charge < -0.3 is 23.6 Å². The Bertz CT molecular complexity index is 1050. The van der Waals surface area contributed by atoms with Crippen LogP contribution in [0.2, 0.25) is 0 Å². The minimum absolute atomic E-state index is 0.0201. The van der Waals surface area contributed by atoms with Crippen LogP contribution in [0.4, 0.5) is 5.69 Å². The van der Waals surface area contributed by atoms with Crippen LogP contribution in [-0.2, 0) is 15.7 Å². The number of benzene rings is 1. The summed E-state index contributed by atoms with van der Waals surface area (Å²) in [5.74, 6) is -0.0876. The first-order valence-corrected chi connectivity index (χ1v) is 13.1. The number of piperidine rings is 1. The summed E-state index contributed by atoms with van der Waals surface area (Å²) < 4.78 is 13.5. The molecule has 0 spiro atoms. The van der Waals surface area contributed by atoms with Crippen LogP contribution >= 0.6 is 8.53 Å². The molecule has 0 radical (unpaired) electrons. The number of carbonyl (C=O) groups excluding carboxylic acids is 1. The van der Waals surface area contributed by atoms with Gasteiger partial charge in [-0.2, -0.15) is 0 Å². The highest BCUT2D eigenvalue weighted by molar-refractivity contribution is 7.43. The highest BCUT2D eigenvalue weighted by Crippen LogP contribution is 2.43. The van der Waals surface area contributed by atoms with E-state index in [2.05, 4.69) is 0 Å². The molecule has 0 bridgehead atoms. The molecule has 1 aliphatic heterocycles. The number of hydrogen-bond donors (Lipinski definition) is 1. The molecule has 1 aromatic heterocycles. The number of anilines is 1. The van der Waals surface area contributed by atoms with E-state index in [1.807, 2.05) is 76.5 Å². The predicted molar refractivity (Wildman–Crippen MR) is 137 cm³/mol. The Balaban J connectivity index is 1.64. The Labute approximate surface area is 203 Å². The molecule has 3 rings (SSSR count). The average molecular weight is 492 g/mol. The molecule has 1 aliphatic rings. The topological polar surface area (TPSA) is 86.5 Å².